The van der Waals surface area contributed by atoms with Crippen LogP contribution in [0.1, 0.15) is 5.56 Å². The summed E-state index contributed by atoms with van der Waals surface area (Å²) in [5, 5.41) is 5.11. The summed E-state index contributed by atoms with van der Waals surface area (Å²) in [6, 6.07) is 11.4. The molecule has 0 bridgehead atoms. The van der Waals surface area contributed by atoms with Crippen molar-refractivity contribution in [3.63, 3.8) is 0 Å². The highest BCUT2D eigenvalue weighted by atomic mass is 19.1. The van der Waals surface area contributed by atoms with Crippen LogP contribution in [0.2, 0.25) is 0 Å². The maximum Gasteiger partial charge on any atom is 0.149 e. The van der Waals surface area contributed by atoms with E-state index in [0.717, 1.165) is 22.4 Å². The van der Waals surface area contributed by atoms with Gasteiger partial charge in [0.25, 0.3) is 0 Å². The standard InChI is InChI=1S/C16H12F2N2/c17-14-3-4-16(15(18)8-14)20-9-11-1-2-13-10-19-6-5-12(13)7-11/h1-8,10,20H,9H2. The minimum absolute atomic E-state index is 0.293. The first-order valence-electron chi connectivity index (χ1n) is 6.24. The Labute approximate surface area is 115 Å². The molecule has 0 atom stereocenters. The van der Waals surface area contributed by atoms with E-state index in [1.165, 1.54) is 12.1 Å². The number of fused-ring (bicyclic) bond motifs is 1. The third-order valence-electron chi connectivity index (χ3n) is 3.12. The Morgan fingerprint density at radius 1 is 0.950 bits per heavy atom. The number of anilines is 1. The Morgan fingerprint density at radius 2 is 1.85 bits per heavy atom. The first-order valence-corrected chi connectivity index (χ1v) is 6.24. The van der Waals surface area contributed by atoms with Crippen molar-refractivity contribution in [2.75, 3.05) is 5.32 Å². The van der Waals surface area contributed by atoms with Crippen LogP contribution in [0.5, 0.6) is 0 Å². The van der Waals surface area contributed by atoms with Gasteiger partial charge in [0, 0.05) is 30.4 Å². The van der Waals surface area contributed by atoms with Gasteiger partial charge in [-0.2, -0.15) is 0 Å². The van der Waals surface area contributed by atoms with Gasteiger partial charge in [-0.3, -0.25) is 4.98 Å². The first-order chi connectivity index (χ1) is 9.72. The zero-order valence-electron chi connectivity index (χ0n) is 10.6. The van der Waals surface area contributed by atoms with Gasteiger partial charge in [-0.15, -0.1) is 0 Å². The van der Waals surface area contributed by atoms with Crippen molar-refractivity contribution in [3.8, 4) is 0 Å². The van der Waals surface area contributed by atoms with Crippen LogP contribution in [0.25, 0.3) is 10.8 Å². The zero-order chi connectivity index (χ0) is 13.9. The van der Waals surface area contributed by atoms with Crippen LogP contribution in [0.4, 0.5) is 14.5 Å². The molecule has 100 valence electrons. The lowest BCUT2D eigenvalue weighted by atomic mass is 10.1. The number of hydrogen-bond acceptors (Lipinski definition) is 2. The average molecular weight is 270 g/mol. The second-order valence-electron chi connectivity index (χ2n) is 4.53. The number of nitrogens with one attached hydrogen (secondary N) is 1. The number of aromatic nitrogens is 1. The van der Waals surface area contributed by atoms with Crippen molar-refractivity contribution < 1.29 is 8.78 Å². The molecule has 3 aromatic rings. The predicted molar refractivity (Wildman–Crippen MR) is 75.4 cm³/mol. The Balaban J connectivity index is 1.79. The van der Waals surface area contributed by atoms with Crippen LogP contribution in [0, 0.1) is 11.6 Å². The summed E-state index contributed by atoms with van der Waals surface area (Å²) in [5.41, 5.74) is 1.31. The molecule has 0 unspecified atom stereocenters. The number of hydrogen-bond donors (Lipinski definition) is 1. The van der Waals surface area contributed by atoms with E-state index in [2.05, 4.69) is 10.3 Å². The van der Waals surface area contributed by atoms with Crippen molar-refractivity contribution in [2.24, 2.45) is 0 Å². The van der Waals surface area contributed by atoms with E-state index in [4.69, 9.17) is 0 Å². The number of rotatable bonds is 3. The van der Waals surface area contributed by atoms with Crippen molar-refractivity contribution in [2.45, 2.75) is 6.54 Å². The van der Waals surface area contributed by atoms with Crippen molar-refractivity contribution >= 4 is 16.5 Å². The molecule has 1 N–H and O–H groups in total. The molecule has 2 aromatic carbocycles. The Hall–Kier alpha value is -2.49. The summed E-state index contributed by atoms with van der Waals surface area (Å²) in [6.45, 7) is 0.473. The Morgan fingerprint density at radius 3 is 2.70 bits per heavy atom. The molecule has 20 heavy (non-hydrogen) atoms. The lowest BCUT2D eigenvalue weighted by Gasteiger charge is -2.08. The van der Waals surface area contributed by atoms with Gasteiger partial charge in [0.2, 0.25) is 0 Å². The normalized spacial score (nSPS) is 10.7. The van der Waals surface area contributed by atoms with E-state index in [1.807, 2.05) is 24.3 Å². The molecule has 0 aliphatic rings. The first kappa shape index (κ1) is 12.5. The van der Waals surface area contributed by atoms with Gasteiger partial charge in [-0.05, 0) is 35.2 Å². The van der Waals surface area contributed by atoms with E-state index in [1.54, 1.807) is 12.4 Å². The molecular weight excluding hydrogens is 258 g/mol. The maximum atomic E-state index is 13.5. The number of benzene rings is 2. The third-order valence-corrected chi connectivity index (χ3v) is 3.12. The molecule has 0 saturated carbocycles. The van der Waals surface area contributed by atoms with Crippen LogP contribution in [0.3, 0.4) is 0 Å². The van der Waals surface area contributed by atoms with Gasteiger partial charge in [0.05, 0.1) is 5.69 Å². The van der Waals surface area contributed by atoms with Crippen molar-refractivity contribution in [1.29, 1.82) is 0 Å². The van der Waals surface area contributed by atoms with E-state index in [-0.39, 0.29) is 0 Å². The van der Waals surface area contributed by atoms with Crippen LogP contribution >= 0.6 is 0 Å². The molecule has 0 aliphatic carbocycles. The van der Waals surface area contributed by atoms with Crippen LogP contribution in [-0.2, 0) is 6.54 Å². The molecule has 0 amide bonds. The highest BCUT2D eigenvalue weighted by Crippen LogP contribution is 2.18. The maximum absolute atomic E-state index is 13.5. The molecule has 4 heteroatoms. The zero-order valence-corrected chi connectivity index (χ0v) is 10.6. The lowest BCUT2D eigenvalue weighted by molar-refractivity contribution is 0.585. The highest BCUT2D eigenvalue weighted by molar-refractivity contribution is 5.82. The molecule has 3 rings (SSSR count). The summed E-state index contributed by atoms with van der Waals surface area (Å²) in [7, 11) is 0. The number of nitrogens with zero attached hydrogens (tertiary/aromatic N) is 1. The van der Waals surface area contributed by atoms with Gasteiger partial charge < -0.3 is 5.32 Å². The monoisotopic (exact) mass is 270 g/mol. The molecule has 0 saturated heterocycles. The van der Waals surface area contributed by atoms with E-state index >= 15 is 0 Å². The highest BCUT2D eigenvalue weighted by Gasteiger charge is 2.03. The second-order valence-corrected chi connectivity index (χ2v) is 4.53. The van der Waals surface area contributed by atoms with Crippen LogP contribution in [-0.4, -0.2) is 4.98 Å². The second kappa shape index (κ2) is 5.25. The SMILES string of the molecule is Fc1ccc(NCc2ccc3cnccc3c2)c(F)c1. The summed E-state index contributed by atoms with van der Waals surface area (Å²) in [6.07, 6.45) is 3.53. The van der Waals surface area contributed by atoms with Gasteiger partial charge >= 0.3 is 0 Å². The molecule has 0 radical (unpaired) electrons. The van der Waals surface area contributed by atoms with Crippen molar-refractivity contribution in [3.05, 3.63) is 72.1 Å². The number of pyridine rings is 1. The van der Waals surface area contributed by atoms with Gasteiger partial charge in [-0.25, -0.2) is 8.78 Å². The van der Waals surface area contributed by atoms with E-state index < -0.39 is 11.6 Å². The topological polar surface area (TPSA) is 24.9 Å². The minimum atomic E-state index is -0.588. The Bertz CT molecular complexity index is 756. The largest absolute Gasteiger partial charge is 0.379 e. The molecule has 0 fully saturated rings. The molecule has 1 heterocycles. The average Bonchev–Trinajstić information content (AvgIpc) is 2.46. The van der Waals surface area contributed by atoms with E-state index in [0.29, 0.717) is 12.2 Å². The number of halogens is 2. The Kier molecular flexibility index (Phi) is 3.29. The molecule has 0 spiro atoms. The summed E-state index contributed by atoms with van der Waals surface area (Å²) >= 11 is 0. The lowest BCUT2D eigenvalue weighted by Crippen LogP contribution is -2.01. The minimum Gasteiger partial charge on any atom is -0.379 e. The van der Waals surface area contributed by atoms with Gasteiger partial charge in [0.15, 0.2) is 0 Å². The summed E-state index contributed by atoms with van der Waals surface area (Å²) < 4.78 is 26.3. The fourth-order valence-corrected chi connectivity index (χ4v) is 2.07. The van der Waals surface area contributed by atoms with Gasteiger partial charge in [0.1, 0.15) is 11.6 Å². The third kappa shape index (κ3) is 2.59. The van der Waals surface area contributed by atoms with Crippen LogP contribution < -0.4 is 5.32 Å². The summed E-state index contributed by atoms with van der Waals surface area (Å²) in [5.74, 6) is -1.17. The predicted octanol–water partition coefficient (Wildman–Crippen LogP) is 4.13. The summed E-state index contributed by atoms with van der Waals surface area (Å²) in [4.78, 5) is 4.06. The fraction of sp³-hybridized carbons (Fsp3) is 0.0625. The quantitative estimate of drug-likeness (QED) is 0.774. The smallest absolute Gasteiger partial charge is 0.149 e. The molecule has 1 aromatic heterocycles. The molecular formula is C16H12F2N2. The molecule has 2 nitrogen and oxygen atoms in total. The van der Waals surface area contributed by atoms with Gasteiger partial charge in [-0.1, -0.05) is 12.1 Å². The molecule has 0 aliphatic heterocycles. The van der Waals surface area contributed by atoms with E-state index in [9.17, 15) is 8.78 Å². The fourth-order valence-electron chi connectivity index (χ4n) is 2.07. The van der Waals surface area contributed by atoms with Crippen LogP contribution in [0.15, 0.2) is 54.9 Å². The van der Waals surface area contributed by atoms with Crippen molar-refractivity contribution in [1.82, 2.24) is 4.98 Å².